The Morgan fingerprint density at radius 1 is 1.11 bits per heavy atom. The van der Waals surface area contributed by atoms with Crippen LogP contribution in [-0.4, -0.2) is 23.4 Å². The predicted octanol–water partition coefficient (Wildman–Crippen LogP) is 3.36. The van der Waals surface area contributed by atoms with E-state index in [1.54, 1.807) is 29.0 Å². The monoisotopic (exact) mass is 380 g/mol. The molecule has 0 aliphatic carbocycles. The standard InChI is InChI=1S/C19H19F3N2O3/c20-19(21,22)27-16-8-2-1-7-15(16)10-11-17(25)23-12-4-6-14-24-13-5-3-9-18(24)26/h1-3,5,7-11,13H,4,6,12,14H2,(H,23,25). The maximum Gasteiger partial charge on any atom is 0.573 e. The third kappa shape index (κ3) is 7.39. The molecule has 2 rings (SSSR count). The van der Waals surface area contributed by atoms with E-state index in [1.807, 2.05) is 0 Å². The molecule has 0 radical (unpaired) electrons. The van der Waals surface area contributed by atoms with Gasteiger partial charge in [-0.15, -0.1) is 13.2 Å². The number of halogens is 3. The first-order valence-corrected chi connectivity index (χ1v) is 8.31. The highest BCUT2D eigenvalue weighted by Crippen LogP contribution is 2.26. The number of alkyl halides is 3. The van der Waals surface area contributed by atoms with Crippen LogP contribution in [0.4, 0.5) is 13.2 Å². The number of rotatable bonds is 8. The zero-order valence-corrected chi connectivity index (χ0v) is 14.4. The minimum Gasteiger partial charge on any atom is -0.405 e. The fraction of sp³-hybridized carbons (Fsp3) is 0.263. The summed E-state index contributed by atoms with van der Waals surface area (Å²) in [5.74, 6) is -0.795. The topological polar surface area (TPSA) is 60.3 Å². The summed E-state index contributed by atoms with van der Waals surface area (Å²) in [6, 6.07) is 10.5. The van der Waals surface area contributed by atoms with Gasteiger partial charge in [0.25, 0.3) is 0 Å². The van der Waals surface area contributed by atoms with Gasteiger partial charge < -0.3 is 14.6 Å². The second-order valence-electron chi connectivity index (χ2n) is 5.65. The lowest BCUT2D eigenvalue weighted by molar-refractivity contribution is -0.274. The molecule has 0 aliphatic heterocycles. The number of unbranched alkanes of at least 4 members (excludes halogenated alkanes) is 1. The van der Waals surface area contributed by atoms with Crippen LogP contribution in [0, 0.1) is 0 Å². The molecule has 144 valence electrons. The molecule has 0 saturated carbocycles. The van der Waals surface area contributed by atoms with Gasteiger partial charge in [0.15, 0.2) is 0 Å². The van der Waals surface area contributed by atoms with E-state index >= 15 is 0 Å². The fourth-order valence-electron chi connectivity index (χ4n) is 2.32. The average Bonchev–Trinajstić information content (AvgIpc) is 2.61. The quantitative estimate of drug-likeness (QED) is 0.564. The molecule has 0 spiro atoms. The van der Waals surface area contributed by atoms with Gasteiger partial charge in [-0.25, -0.2) is 0 Å². The van der Waals surface area contributed by atoms with Crippen molar-refractivity contribution in [1.82, 2.24) is 9.88 Å². The smallest absolute Gasteiger partial charge is 0.405 e. The van der Waals surface area contributed by atoms with Gasteiger partial charge in [0.1, 0.15) is 5.75 Å². The minimum atomic E-state index is -4.80. The van der Waals surface area contributed by atoms with Crippen LogP contribution in [0.2, 0.25) is 0 Å². The summed E-state index contributed by atoms with van der Waals surface area (Å²) in [7, 11) is 0. The highest BCUT2D eigenvalue weighted by atomic mass is 19.4. The van der Waals surface area contributed by atoms with Crippen molar-refractivity contribution < 1.29 is 22.7 Å². The number of amides is 1. The third-order valence-electron chi connectivity index (χ3n) is 3.58. The van der Waals surface area contributed by atoms with E-state index < -0.39 is 12.3 Å². The number of carbonyl (C=O) groups is 1. The Bertz CT molecular complexity index is 844. The van der Waals surface area contributed by atoms with Crippen LogP contribution < -0.4 is 15.6 Å². The summed E-state index contributed by atoms with van der Waals surface area (Å²) in [5, 5.41) is 2.65. The average molecular weight is 380 g/mol. The number of para-hydroxylation sites is 1. The maximum atomic E-state index is 12.4. The van der Waals surface area contributed by atoms with Gasteiger partial charge in [0.05, 0.1) is 0 Å². The molecule has 5 nitrogen and oxygen atoms in total. The minimum absolute atomic E-state index is 0.0794. The molecule has 0 saturated heterocycles. The number of hydrogen-bond donors (Lipinski definition) is 1. The summed E-state index contributed by atoms with van der Waals surface area (Å²) in [5.41, 5.74) is 0.0673. The maximum absolute atomic E-state index is 12.4. The van der Waals surface area contributed by atoms with Gasteiger partial charge in [-0.05, 0) is 31.1 Å². The lowest BCUT2D eigenvalue weighted by Gasteiger charge is -2.11. The molecular weight excluding hydrogens is 361 g/mol. The molecular formula is C19H19F3N2O3. The molecule has 1 aromatic carbocycles. The van der Waals surface area contributed by atoms with Crippen LogP contribution in [0.5, 0.6) is 5.75 Å². The number of hydrogen-bond acceptors (Lipinski definition) is 3. The molecule has 2 aromatic rings. The second-order valence-corrected chi connectivity index (χ2v) is 5.65. The van der Waals surface area contributed by atoms with E-state index in [2.05, 4.69) is 10.1 Å². The highest BCUT2D eigenvalue weighted by molar-refractivity contribution is 5.92. The van der Waals surface area contributed by atoms with Crippen LogP contribution in [0.15, 0.2) is 59.5 Å². The Morgan fingerprint density at radius 3 is 2.59 bits per heavy atom. The number of ether oxygens (including phenoxy) is 1. The lowest BCUT2D eigenvalue weighted by Crippen LogP contribution is -2.23. The molecule has 1 N–H and O–H groups in total. The van der Waals surface area contributed by atoms with Gasteiger partial charge in [-0.3, -0.25) is 9.59 Å². The first-order valence-electron chi connectivity index (χ1n) is 8.31. The van der Waals surface area contributed by atoms with Crippen LogP contribution in [-0.2, 0) is 11.3 Å². The zero-order valence-electron chi connectivity index (χ0n) is 14.4. The van der Waals surface area contributed by atoms with Gasteiger partial charge in [0.2, 0.25) is 11.5 Å². The van der Waals surface area contributed by atoms with Crippen molar-refractivity contribution in [3.05, 3.63) is 70.7 Å². The van der Waals surface area contributed by atoms with Crippen molar-refractivity contribution in [3.8, 4) is 5.75 Å². The van der Waals surface area contributed by atoms with Crippen molar-refractivity contribution >= 4 is 12.0 Å². The van der Waals surface area contributed by atoms with Crippen molar-refractivity contribution in [3.63, 3.8) is 0 Å². The van der Waals surface area contributed by atoms with E-state index in [9.17, 15) is 22.8 Å². The van der Waals surface area contributed by atoms with Gasteiger partial charge in [-0.1, -0.05) is 24.3 Å². The number of aryl methyl sites for hydroxylation is 1. The third-order valence-corrected chi connectivity index (χ3v) is 3.58. The molecule has 1 aromatic heterocycles. The van der Waals surface area contributed by atoms with Gasteiger partial charge >= 0.3 is 6.36 Å². The van der Waals surface area contributed by atoms with Gasteiger partial charge in [0, 0.05) is 37.0 Å². The van der Waals surface area contributed by atoms with E-state index in [0.29, 0.717) is 25.9 Å². The molecule has 1 amide bonds. The number of nitrogens with zero attached hydrogens (tertiary/aromatic N) is 1. The first kappa shape index (κ1) is 20.3. The lowest BCUT2D eigenvalue weighted by atomic mass is 10.2. The van der Waals surface area contributed by atoms with Crippen molar-refractivity contribution in [2.45, 2.75) is 25.7 Å². The molecule has 27 heavy (non-hydrogen) atoms. The van der Waals surface area contributed by atoms with Crippen molar-refractivity contribution in [2.24, 2.45) is 0 Å². The summed E-state index contributed by atoms with van der Waals surface area (Å²) in [6.07, 6.45) is 0.683. The molecule has 0 bridgehead atoms. The number of benzene rings is 1. The van der Waals surface area contributed by atoms with Crippen LogP contribution >= 0.6 is 0 Å². The van der Waals surface area contributed by atoms with E-state index in [-0.39, 0.29) is 16.9 Å². The van der Waals surface area contributed by atoms with Crippen LogP contribution in [0.3, 0.4) is 0 Å². The van der Waals surface area contributed by atoms with Gasteiger partial charge in [-0.2, -0.15) is 0 Å². The van der Waals surface area contributed by atoms with Crippen LogP contribution in [0.1, 0.15) is 18.4 Å². The van der Waals surface area contributed by atoms with Crippen LogP contribution in [0.25, 0.3) is 6.08 Å². The van der Waals surface area contributed by atoms with E-state index in [1.165, 1.54) is 30.3 Å². The second kappa shape index (κ2) is 9.61. The summed E-state index contributed by atoms with van der Waals surface area (Å²) < 4.78 is 42.6. The first-order chi connectivity index (χ1) is 12.8. The Hall–Kier alpha value is -3.03. The largest absolute Gasteiger partial charge is 0.573 e. The SMILES string of the molecule is O=C(C=Cc1ccccc1OC(F)(F)F)NCCCCn1ccccc1=O. The predicted molar refractivity (Wildman–Crippen MR) is 95.1 cm³/mol. The normalized spacial score (nSPS) is 11.5. The molecule has 8 heteroatoms. The Kier molecular flexibility index (Phi) is 7.22. The molecule has 0 fully saturated rings. The van der Waals surface area contributed by atoms with Crippen molar-refractivity contribution in [1.29, 1.82) is 0 Å². The fourth-order valence-corrected chi connectivity index (χ4v) is 2.32. The number of carbonyl (C=O) groups excluding carboxylic acids is 1. The highest BCUT2D eigenvalue weighted by Gasteiger charge is 2.31. The molecule has 1 heterocycles. The number of aromatic nitrogens is 1. The summed E-state index contributed by atoms with van der Waals surface area (Å²) in [4.78, 5) is 23.3. The molecule has 0 unspecified atom stereocenters. The molecule has 0 atom stereocenters. The number of pyridine rings is 1. The van der Waals surface area contributed by atoms with E-state index in [4.69, 9.17) is 0 Å². The summed E-state index contributed by atoms with van der Waals surface area (Å²) >= 11 is 0. The summed E-state index contributed by atoms with van der Waals surface area (Å²) in [6.45, 7) is 0.943. The Labute approximate surface area is 154 Å². The number of nitrogens with one attached hydrogen (secondary N) is 1. The van der Waals surface area contributed by atoms with E-state index in [0.717, 1.165) is 6.08 Å². The zero-order chi connectivity index (χ0) is 19.7. The Morgan fingerprint density at radius 2 is 1.85 bits per heavy atom. The molecule has 0 aliphatic rings. The Balaban J connectivity index is 1.77. The van der Waals surface area contributed by atoms with Crippen molar-refractivity contribution in [2.75, 3.05) is 6.54 Å².